The molecule has 2 N–H and O–H groups in total. The van der Waals surface area contributed by atoms with Crippen molar-refractivity contribution in [3.8, 4) is 0 Å². The van der Waals surface area contributed by atoms with Crippen LogP contribution in [0.15, 0.2) is 48.5 Å². The third kappa shape index (κ3) is 4.94. The van der Waals surface area contributed by atoms with Crippen molar-refractivity contribution in [3.63, 3.8) is 0 Å². The molecule has 1 aliphatic heterocycles. The van der Waals surface area contributed by atoms with E-state index in [-0.39, 0.29) is 23.6 Å². The SMILES string of the molecule is C[N+]1(C(N)=O)CCN(CCCC(c2ccc(F)cc2)c2ccc(F)cc2)CC1. The number of nitrogens with zero attached hydrogens (tertiary/aromatic N) is 2. The number of halogens is 2. The van der Waals surface area contributed by atoms with Gasteiger partial charge < -0.3 is 5.73 Å². The Morgan fingerprint density at radius 2 is 1.46 bits per heavy atom. The number of rotatable bonds is 6. The number of carbonyl (C=O) groups excluding carboxylic acids is 1. The molecule has 2 aromatic carbocycles. The number of carbonyl (C=O) groups is 1. The lowest BCUT2D eigenvalue weighted by Crippen LogP contribution is -2.62. The lowest BCUT2D eigenvalue weighted by atomic mass is 9.87. The van der Waals surface area contributed by atoms with Crippen LogP contribution in [0.25, 0.3) is 0 Å². The van der Waals surface area contributed by atoms with Crippen molar-refractivity contribution in [2.45, 2.75) is 18.8 Å². The van der Waals surface area contributed by atoms with Crippen molar-refractivity contribution in [1.82, 2.24) is 4.90 Å². The minimum atomic E-state index is -0.271. The first-order valence-electron chi connectivity index (χ1n) is 9.75. The summed E-state index contributed by atoms with van der Waals surface area (Å²) in [6.07, 6.45) is 1.84. The molecule has 4 nitrogen and oxygen atoms in total. The van der Waals surface area contributed by atoms with Crippen molar-refractivity contribution >= 4 is 6.03 Å². The van der Waals surface area contributed by atoms with Gasteiger partial charge in [-0.25, -0.2) is 18.1 Å². The average molecular weight is 388 g/mol. The molecule has 0 aliphatic carbocycles. The Hall–Kier alpha value is -2.31. The van der Waals surface area contributed by atoms with Crippen LogP contribution in [-0.2, 0) is 0 Å². The fourth-order valence-electron chi connectivity index (χ4n) is 3.83. The van der Waals surface area contributed by atoms with E-state index in [4.69, 9.17) is 5.73 Å². The van der Waals surface area contributed by atoms with Gasteiger partial charge in [0.05, 0.1) is 20.1 Å². The maximum atomic E-state index is 13.3. The molecule has 3 rings (SSSR count). The molecular formula is C22H28F2N3O+. The fourth-order valence-corrected chi connectivity index (χ4v) is 3.83. The van der Waals surface area contributed by atoms with Crippen LogP contribution >= 0.6 is 0 Å². The maximum Gasteiger partial charge on any atom is 0.413 e. The second kappa shape index (κ2) is 8.80. The van der Waals surface area contributed by atoms with E-state index in [9.17, 15) is 13.6 Å². The molecule has 0 saturated carbocycles. The standard InChI is InChI=1S/C22H27F2N3O/c1-27(22(25)28)15-13-26(14-16-27)12-2-3-21(17-4-8-19(23)9-5-17)18-6-10-20(24)11-7-18/h4-11,21H,2-3,12-16H2,1H3,(H-,25,28)/p+1. The highest BCUT2D eigenvalue weighted by Gasteiger charge is 2.33. The summed E-state index contributed by atoms with van der Waals surface area (Å²) < 4.78 is 27.0. The summed E-state index contributed by atoms with van der Waals surface area (Å²) in [5.74, 6) is -0.422. The molecule has 0 atom stereocenters. The van der Waals surface area contributed by atoms with Crippen LogP contribution in [0.2, 0.25) is 0 Å². The van der Waals surface area contributed by atoms with E-state index in [2.05, 4.69) is 4.90 Å². The van der Waals surface area contributed by atoms with E-state index >= 15 is 0 Å². The first kappa shape index (κ1) is 20.4. The Balaban J connectivity index is 1.62. The first-order valence-corrected chi connectivity index (χ1v) is 9.75. The van der Waals surface area contributed by atoms with E-state index < -0.39 is 0 Å². The number of hydrogen-bond acceptors (Lipinski definition) is 2. The van der Waals surface area contributed by atoms with E-state index in [1.807, 2.05) is 7.05 Å². The second-order valence-electron chi connectivity index (χ2n) is 7.82. The Bertz CT molecular complexity index is 739. The minimum absolute atomic E-state index is 0.0951. The van der Waals surface area contributed by atoms with Gasteiger partial charge in [0.2, 0.25) is 0 Å². The summed E-state index contributed by atoms with van der Waals surface area (Å²) in [4.78, 5) is 13.9. The van der Waals surface area contributed by atoms with E-state index in [1.54, 1.807) is 24.3 Å². The first-order chi connectivity index (χ1) is 13.4. The zero-order valence-electron chi connectivity index (χ0n) is 16.3. The van der Waals surface area contributed by atoms with Gasteiger partial charge in [0.25, 0.3) is 0 Å². The van der Waals surface area contributed by atoms with Gasteiger partial charge in [-0.15, -0.1) is 0 Å². The Kier molecular flexibility index (Phi) is 6.42. The quantitative estimate of drug-likeness (QED) is 0.767. The van der Waals surface area contributed by atoms with Crippen molar-refractivity contribution in [3.05, 3.63) is 71.3 Å². The summed E-state index contributed by atoms with van der Waals surface area (Å²) in [6.45, 7) is 4.08. The molecule has 150 valence electrons. The van der Waals surface area contributed by atoms with Crippen molar-refractivity contribution in [2.75, 3.05) is 39.8 Å². The monoisotopic (exact) mass is 388 g/mol. The van der Waals surface area contributed by atoms with Gasteiger partial charge in [-0.05, 0) is 54.8 Å². The number of primary amides is 1. The molecule has 0 aromatic heterocycles. The second-order valence-corrected chi connectivity index (χ2v) is 7.82. The number of hydrogen-bond donors (Lipinski definition) is 1. The third-order valence-electron chi connectivity index (χ3n) is 5.86. The molecule has 1 heterocycles. The van der Waals surface area contributed by atoms with E-state index in [1.165, 1.54) is 24.3 Å². The molecule has 1 saturated heterocycles. The number of nitrogens with two attached hydrogens (primary N) is 1. The largest absolute Gasteiger partial charge is 0.413 e. The Labute approximate surface area is 165 Å². The van der Waals surface area contributed by atoms with Crippen molar-refractivity contribution < 1.29 is 18.1 Å². The van der Waals surface area contributed by atoms with Crippen molar-refractivity contribution in [1.29, 1.82) is 0 Å². The van der Waals surface area contributed by atoms with E-state index in [0.29, 0.717) is 4.48 Å². The summed E-state index contributed by atoms with van der Waals surface area (Å²) in [7, 11) is 1.89. The highest BCUT2D eigenvalue weighted by atomic mass is 19.1. The summed E-state index contributed by atoms with van der Waals surface area (Å²) in [6, 6.07) is 12.8. The van der Waals surface area contributed by atoms with Gasteiger partial charge in [0.15, 0.2) is 0 Å². The highest BCUT2D eigenvalue weighted by molar-refractivity contribution is 5.64. The molecule has 2 amide bonds. The van der Waals surface area contributed by atoms with Crippen LogP contribution in [0.1, 0.15) is 29.9 Å². The predicted molar refractivity (Wildman–Crippen MR) is 106 cm³/mol. The number of quaternary nitrogens is 1. The predicted octanol–water partition coefficient (Wildman–Crippen LogP) is 3.72. The smallest absolute Gasteiger partial charge is 0.319 e. The third-order valence-corrected chi connectivity index (χ3v) is 5.86. The van der Waals surface area contributed by atoms with Crippen LogP contribution in [0, 0.1) is 11.6 Å². The molecule has 0 radical (unpaired) electrons. The van der Waals surface area contributed by atoms with Crippen LogP contribution in [0.5, 0.6) is 0 Å². The van der Waals surface area contributed by atoms with Gasteiger partial charge in [0, 0.05) is 19.0 Å². The van der Waals surface area contributed by atoms with Crippen LogP contribution in [0.3, 0.4) is 0 Å². The molecule has 28 heavy (non-hydrogen) atoms. The lowest BCUT2D eigenvalue weighted by molar-refractivity contribution is -0.834. The van der Waals surface area contributed by atoms with Gasteiger partial charge >= 0.3 is 6.03 Å². The normalized spacial score (nSPS) is 17.0. The number of urea groups is 1. The highest BCUT2D eigenvalue weighted by Crippen LogP contribution is 2.30. The van der Waals surface area contributed by atoms with Gasteiger partial charge in [-0.1, -0.05) is 24.3 Å². The molecule has 0 spiro atoms. The van der Waals surface area contributed by atoms with Gasteiger partial charge in [-0.3, -0.25) is 4.90 Å². The zero-order chi connectivity index (χ0) is 20.1. The molecule has 1 aliphatic rings. The fraction of sp³-hybridized carbons (Fsp3) is 0.409. The topological polar surface area (TPSA) is 46.3 Å². The maximum absolute atomic E-state index is 13.3. The number of piperazine rings is 1. The number of amides is 2. The van der Waals surface area contributed by atoms with Crippen molar-refractivity contribution in [2.24, 2.45) is 5.73 Å². The number of benzene rings is 2. The van der Waals surface area contributed by atoms with Crippen LogP contribution < -0.4 is 5.73 Å². The zero-order valence-corrected chi connectivity index (χ0v) is 16.3. The summed E-state index contributed by atoms with van der Waals surface area (Å²) >= 11 is 0. The molecule has 0 unspecified atom stereocenters. The summed E-state index contributed by atoms with van der Waals surface area (Å²) in [5.41, 5.74) is 7.56. The molecule has 2 aromatic rings. The minimum Gasteiger partial charge on any atom is -0.319 e. The Morgan fingerprint density at radius 1 is 1.00 bits per heavy atom. The molecular weight excluding hydrogens is 360 g/mol. The van der Waals surface area contributed by atoms with Crippen LogP contribution in [-0.4, -0.2) is 55.2 Å². The number of likely N-dealkylation sites (N-methyl/N-ethyl adjacent to an activating group) is 1. The van der Waals surface area contributed by atoms with E-state index in [0.717, 1.165) is 56.7 Å². The lowest BCUT2D eigenvalue weighted by Gasteiger charge is -2.38. The molecule has 0 bridgehead atoms. The molecule has 1 fully saturated rings. The Morgan fingerprint density at radius 3 is 1.89 bits per heavy atom. The molecule has 6 heteroatoms. The average Bonchev–Trinajstić information content (AvgIpc) is 2.68. The van der Waals surface area contributed by atoms with Gasteiger partial charge in [0.1, 0.15) is 11.6 Å². The van der Waals surface area contributed by atoms with Crippen LogP contribution in [0.4, 0.5) is 13.6 Å². The van der Waals surface area contributed by atoms with Gasteiger partial charge in [-0.2, -0.15) is 0 Å². The summed E-state index contributed by atoms with van der Waals surface area (Å²) in [5, 5.41) is 0.